The third kappa shape index (κ3) is 4.00. The van der Waals surface area contributed by atoms with Crippen LogP contribution in [0.3, 0.4) is 0 Å². The van der Waals surface area contributed by atoms with Crippen LogP contribution in [-0.2, 0) is 6.54 Å². The molecule has 9 heteroatoms. The molecule has 0 fully saturated rings. The van der Waals surface area contributed by atoms with Gasteiger partial charge in [0.2, 0.25) is 0 Å². The zero-order chi connectivity index (χ0) is 22.1. The van der Waals surface area contributed by atoms with Gasteiger partial charge < -0.3 is 5.32 Å². The van der Waals surface area contributed by atoms with Gasteiger partial charge in [0, 0.05) is 30.2 Å². The highest BCUT2D eigenvalue weighted by Crippen LogP contribution is 2.32. The average molecular weight is 464 g/mol. The number of hydrogen-bond donors (Lipinski definition) is 1. The predicted octanol–water partition coefficient (Wildman–Crippen LogP) is 6.16. The Hall–Kier alpha value is -3.56. The minimum atomic E-state index is -0.327. The third-order valence-corrected chi connectivity index (χ3v) is 6.18. The number of aromatic nitrogens is 4. The van der Waals surface area contributed by atoms with E-state index in [1.54, 1.807) is 41.2 Å². The maximum atomic E-state index is 13.5. The molecule has 0 unspecified atom stereocenters. The lowest BCUT2D eigenvalue weighted by molar-refractivity contribution is 0.627. The van der Waals surface area contributed by atoms with Gasteiger partial charge in [-0.15, -0.1) is 0 Å². The van der Waals surface area contributed by atoms with E-state index in [9.17, 15) is 8.78 Å². The van der Waals surface area contributed by atoms with E-state index in [0.29, 0.717) is 33.5 Å². The van der Waals surface area contributed by atoms with Crippen LogP contribution < -0.4 is 5.32 Å². The topological polar surface area (TPSA) is 55.6 Å². The lowest BCUT2D eigenvalue weighted by Gasteiger charge is -2.10. The number of thiazole rings is 1. The number of benzene rings is 2. The number of pyridine rings is 1. The van der Waals surface area contributed by atoms with Crippen LogP contribution >= 0.6 is 23.6 Å². The Labute approximate surface area is 191 Å². The number of fused-ring (bicyclic) bond motifs is 1. The molecule has 5 aromatic rings. The van der Waals surface area contributed by atoms with E-state index in [2.05, 4.69) is 10.3 Å². The molecule has 5 nitrogen and oxygen atoms in total. The monoisotopic (exact) mass is 463 g/mol. The molecule has 0 aliphatic heterocycles. The molecular weight excluding hydrogens is 448 g/mol. The van der Waals surface area contributed by atoms with Crippen LogP contribution in [0.2, 0.25) is 0 Å². The molecule has 1 N–H and O–H groups in total. The number of nitrogens with one attached hydrogen (secondary N) is 1. The Morgan fingerprint density at radius 1 is 0.938 bits per heavy atom. The first-order valence-electron chi connectivity index (χ1n) is 9.67. The van der Waals surface area contributed by atoms with Gasteiger partial charge in [0.25, 0.3) is 0 Å². The van der Waals surface area contributed by atoms with Gasteiger partial charge in [0.1, 0.15) is 22.2 Å². The highest BCUT2D eigenvalue weighted by molar-refractivity contribution is 7.73. The molecule has 0 atom stereocenters. The van der Waals surface area contributed by atoms with Crippen molar-refractivity contribution in [2.24, 2.45) is 0 Å². The molecule has 158 valence electrons. The van der Waals surface area contributed by atoms with Crippen LogP contribution in [0.15, 0.2) is 73.1 Å². The molecule has 0 spiro atoms. The second kappa shape index (κ2) is 8.52. The Bertz CT molecular complexity index is 1450. The Morgan fingerprint density at radius 3 is 2.34 bits per heavy atom. The van der Waals surface area contributed by atoms with Gasteiger partial charge >= 0.3 is 0 Å². The quantitative estimate of drug-likeness (QED) is 0.316. The highest BCUT2D eigenvalue weighted by atomic mass is 32.1. The lowest BCUT2D eigenvalue weighted by Crippen LogP contribution is -2.05. The molecular formula is C23H15F2N5S2. The molecule has 32 heavy (non-hydrogen) atoms. The average Bonchev–Trinajstić information content (AvgIpc) is 3.15. The van der Waals surface area contributed by atoms with Crippen molar-refractivity contribution in [2.75, 3.05) is 5.32 Å². The van der Waals surface area contributed by atoms with E-state index in [4.69, 9.17) is 22.2 Å². The first-order chi connectivity index (χ1) is 15.6. The molecule has 0 aliphatic rings. The molecule has 0 saturated carbocycles. The maximum absolute atomic E-state index is 13.5. The van der Waals surface area contributed by atoms with Gasteiger partial charge in [-0.2, -0.15) is 0 Å². The van der Waals surface area contributed by atoms with E-state index < -0.39 is 0 Å². The fourth-order valence-electron chi connectivity index (χ4n) is 3.25. The van der Waals surface area contributed by atoms with Crippen LogP contribution in [0.25, 0.3) is 27.4 Å². The minimum Gasteiger partial charge on any atom is -0.365 e. The fraction of sp³-hybridized carbons (Fsp3) is 0.0435. The summed E-state index contributed by atoms with van der Waals surface area (Å²) in [5, 5.41) is 3.33. The number of nitrogens with zero attached hydrogens (tertiary/aromatic N) is 4. The van der Waals surface area contributed by atoms with Crippen LogP contribution in [0.5, 0.6) is 0 Å². The third-order valence-electron chi connectivity index (χ3n) is 4.81. The van der Waals surface area contributed by atoms with E-state index in [1.165, 1.54) is 35.6 Å². The lowest BCUT2D eigenvalue weighted by atomic mass is 10.2. The van der Waals surface area contributed by atoms with Gasteiger partial charge in [-0.3, -0.25) is 9.55 Å². The first kappa shape index (κ1) is 20.3. The van der Waals surface area contributed by atoms with Crippen molar-refractivity contribution in [1.82, 2.24) is 19.5 Å². The van der Waals surface area contributed by atoms with Crippen LogP contribution in [0, 0.1) is 15.6 Å². The molecule has 0 saturated heterocycles. The van der Waals surface area contributed by atoms with Crippen molar-refractivity contribution in [3.63, 3.8) is 0 Å². The predicted molar refractivity (Wildman–Crippen MR) is 124 cm³/mol. The first-order valence-corrected chi connectivity index (χ1v) is 10.9. The van der Waals surface area contributed by atoms with Gasteiger partial charge in [-0.05, 0) is 66.3 Å². The molecule has 2 aromatic carbocycles. The Kier molecular flexibility index (Phi) is 5.42. The van der Waals surface area contributed by atoms with Gasteiger partial charge in [-0.25, -0.2) is 18.7 Å². The van der Waals surface area contributed by atoms with Crippen LogP contribution in [-0.4, -0.2) is 19.5 Å². The molecule has 0 radical (unpaired) electrons. The second-order valence-electron chi connectivity index (χ2n) is 6.95. The van der Waals surface area contributed by atoms with Gasteiger partial charge in [0.05, 0.1) is 0 Å². The summed E-state index contributed by atoms with van der Waals surface area (Å²) >= 11 is 6.98. The van der Waals surface area contributed by atoms with Crippen molar-refractivity contribution in [3.05, 3.63) is 94.2 Å². The van der Waals surface area contributed by atoms with E-state index in [0.717, 1.165) is 15.8 Å². The summed E-state index contributed by atoms with van der Waals surface area (Å²) in [5.41, 5.74) is 2.98. The molecule has 0 aliphatic carbocycles. The Morgan fingerprint density at radius 2 is 1.66 bits per heavy atom. The minimum absolute atomic E-state index is 0.286. The zero-order valence-corrected chi connectivity index (χ0v) is 18.1. The molecule has 5 rings (SSSR count). The number of halogens is 2. The number of anilines is 1. The zero-order valence-electron chi connectivity index (χ0n) is 16.5. The second-order valence-corrected chi connectivity index (χ2v) is 8.59. The van der Waals surface area contributed by atoms with Crippen LogP contribution in [0.4, 0.5) is 14.6 Å². The highest BCUT2D eigenvalue weighted by Gasteiger charge is 2.17. The van der Waals surface area contributed by atoms with Gasteiger partial charge in [0.15, 0.2) is 15.4 Å². The summed E-state index contributed by atoms with van der Waals surface area (Å²) in [5.74, 6) is 0.476. The summed E-state index contributed by atoms with van der Waals surface area (Å²) in [6.45, 7) is 0.445. The summed E-state index contributed by atoms with van der Waals surface area (Å²) in [7, 11) is 0. The summed E-state index contributed by atoms with van der Waals surface area (Å²) in [6.07, 6.45) is 3.37. The van der Waals surface area contributed by atoms with Crippen molar-refractivity contribution in [1.29, 1.82) is 0 Å². The number of rotatable bonds is 5. The standard InChI is InChI=1S/C23H15F2N5S2/c24-16-5-3-14(4-6-16)12-27-21-19-22(29-20(28-21)15-2-1-11-26-13-15)30(23(31)32-19)18-9-7-17(25)8-10-18/h1-11,13H,12H2,(H,27,28,29). The normalized spacial score (nSPS) is 11.1. The maximum Gasteiger partial charge on any atom is 0.168 e. The molecule has 0 bridgehead atoms. The SMILES string of the molecule is Fc1ccc(CNc2nc(-c3cccnc3)nc3c2sc(=S)n3-c2ccc(F)cc2)cc1. The molecule has 3 heterocycles. The molecule has 3 aromatic heterocycles. The summed E-state index contributed by atoms with van der Waals surface area (Å²) in [4.78, 5) is 13.7. The van der Waals surface area contributed by atoms with E-state index in [1.807, 2.05) is 12.1 Å². The van der Waals surface area contributed by atoms with Crippen molar-refractivity contribution in [2.45, 2.75) is 6.54 Å². The largest absolute Gasteiger partial charge is 0.365 e. The smallest absolute Gasteiger partial charge is 0.168 e. The van der Waals surface area contributed by atoms with Crippen molar-refractivity contribution >= 4 is 39.7 Å². The summed E-state index contributed by atoms with van der Waals surface area (Å²) in [6, 6.07) is 16.1. The van der Waals surface area contributed by atoms with Crippen molar-refractivity contribution in [3.8, 4) is 17.1 Å². The van der Waals surface area contributed by atoms with E-state index >= 15 is 0 Å². The van der Waals surface area contributed by atoms with Gasteiger partial charge in [-0.1, -0.05) is 23.5 Å². The van der Waals surface area contributed by atoms with Crippen LogP contribution in [0.1, 0.15) is 5.56 Å². The Balaban J connectivity index is 1.66. The number of hydrogen-bond acceptors (Lipinski definition) is 6. The fourth-order valence-corrected chi connectivity index (χ4v) is 4.60. The van der Waals surface area contributed by atoms with E-state index in [-0.39, 0.29) is 11.6 Å². The van der Waals surface area contributed by atoms with Crippen molar-refractivity contribution < 1.29 is 8.78 Å². The summed E-state index contributed by atoms with van der Waals surface area (Å²) < 4.78 is 29.9. The molecule has 0 amide bonds.